The van der Waals surface area contributed by atoms with Gasteiger partial charge in [0.2, 0.25) is 0 Å². The van der Waals surface area contributed by atoms with Gasteiger partial charge in [0.25, 0.3) is 0 Å². The molecule has 5 heteroatoms. The molecule has 0 aliphatic carbocycles. The first-order valence-electron chi connectivity index (χ1n) is 5.99. The second-order valence-electron chi connectivity index (χ2n) is 3.91. The number of carbonyl (C=O) groups is 1. The normalized spacial score (nSPS) is 10.7. The molecular weight excluding hydrogens is 359 g/mol. The lowest BCUT2D eigenvalue weighted by Gasteiger charge is -2.13. The number of rotatable bonds is 7. The third kappa shape index (κ3) is 5.10. The second-order valence-corrected chi connectivity index (χ2v) is 5.07. The van der Waals surface area contributed by atoms with Crippen molar-refractivity contribution in [2.45, 2.75) is 19.8 Å². The van der Waals surface area contributed by atoms with Crippen molar-refractivity contribution in [2.75, 3.05) is 13.7 Å². The predicted octanol–water partition coefficient (Wildman–Crippen LogP) is 3.58. The summed E-state index contributed by atoms with van der Waals surface area (Å²) in [5, 5.41) is 8.62. The van der Waals surface area contributed by atoms with Gasteiger partial charge in [-0.15, -0.1) is 0 Å². The zero-order chi connectivity index (χ0) is 14.3. The van der Waals surface area contributed by atoms with Crippen LogP contribution in [-0.4, -0.2) is 24.8 Å². The molecule has 1 N–H and O–H groups in total. The van der Waals surface area contributed by atoms with E-state index >= 15 is 0 Å². The number of carboxylic acids is 1. The first kappa shape index (κ1) is 15.8. The molecule has 19 heavy (non-hydrogen) atoms. The lowest BCUT2D eigenvalue weighted by Crippen LogP contribution is -2.01. The van der Waals surface area contributed by atoms with Crippen LogP contribution in [0.2, 0.25) is 0 Å². The molecule has 0 radical (unpaired) electrons. The fourth-order valence-electron chi connectivity index (χ4n) is 1.46. The number of hydrogen-bond acceptors (Lipinski definition) is 3. The van der Waals surface area contributed by atoms with E-state index in [0.717, 1.165) is 28.1 Å². The Morgan fingerprint density at radius 2 is 2.21 bits per heavy atom. The Kier molecular flexibility index (Phi) is 6.69. The second kappa shape index (κ2) is 8.04. The maximum atomic E-state index is 10.5. The first-order chi connectivity index (χ1) is 9.08. The van der Waals surface area contributed by atoms with Crippen molar-refractivity contribution in [1.82, 2.24) is 0 Å². The number of aliphatic carboxylic acids is 1. The van der Waals surface area contributed by atoms with Gasteiger partial charge in [-0.1, -0.05) is 13.3 Å². The molecule has 0 saturated heterocycles. The first-order valence-corrected chi connectivity index (χ1v) is 7.07. The van der Waals surface area contributed by atoms with Gasteiger partial charge in [0, 0.05) is 6.08 Å². The minimum absolute atomic E-state index is 0.619. The maximum Gasteiger partial charge on any atom is 0.328 e. The van der Waals surface area contributed by atoms with Crippen LogP contribution in [0.1, 0.15) is 25.3 Å². The highest BCUT2D eigenvalue weighted by Gasteiger charge is 2.10. The van der Waals surface area contributed by atoms with Gasteiger partial charge in [0.05, 0.1) is 17.3 Å². The Morgan fingerprint density at radius 3 is 2.79 bits per heavy atom. The van der Waals surface area contributed by atoms with Gasteiger partial charge in [0.1, 0.15) is 0 Å². The van der Waals surface area contributed by atoms with Gasteiger partial charge in [-0.2, -0.15) is 0 Å². The Hall–Kier alpha value is -1.24. The van der Waals surface area contributed by atoms with E-state index in [1.807, 2.05) is 6.07 Å². The SMILES string of the molecule is CCCCOc1c(I)cc(/C=C/C(=O)O)cc1OC. The number of methoxy groups -OCH3 is 1. The molecule has 0 aliphatic rings. The van der Waals surface area contributed by atoms with Crippen molar-refractivity contribution >= 4 is 34.6 Å². The summed E-state index contributed by atoms with van der Waals surface area (Å²) in [7, 11) is 1.57. The van der Waals surface area contributed by atoms with E-state index in [2.05, 4.69) is 29.5 Å². The van der Waals surface area contributed by atoms with Crippen molar-refractivity contribution in [2.24, 2.45) is 0 Å². The van der Waals surface area contributed by atoms with E-state index in [-0.39, 0.29) is 0 Å². The molecule has 0 unspecified atom stereocenters. The molecule has 4 nitrogen and oxygen atoms in total. The van der Waals surface area contributed by atoms with Gasteiger partial charge >= 0.3 is 5.97 Å². The third-order valence-electron chi connectivity index (χ3n) is 2.41. The highest BCUT2D eigenvalue weighted by atomic mass is 127. The van der Waals surface area contributed by atoms with Gasteiger partial charge in [-0.05, 0) is 52.8 Å². The summed E-state index contributed by atoms with van der Waals surface area (Å²) in [4.78, 5) is 10.5. The molecule has 0 fully saturated rings. The summed E-state index contributed by atoms with van der Waals surface area (Å²) < 4.78 is 11.9. The van der Waals surface area contributed by atoms with Crippen LogP contribution in [0.3, 0.4) is 0 Å². The van der Waals surface area contributed by atoms with Crippen molar-refractivity contribution in [3.63, 3.8) is 0 Å². The summed E-state index contributed by atoms with van der Waals surface area (Å²) in [6, 6.07) is 3.63. The fourth-order valence-corrected chi connectivity index (χ4v) is 2.24. The van der Waals surface area contributed by atoms with Crippen molar-refractivity contribution in [1.29, 1.82) is 0 Å². The fraction of sp³-hybridized carbons (Fsp3) is 0.357. The standard InChI is InChI=1S/C14H17IO4/c1-3-4-7-19-14-11(15)8-10(5-6-13(16)17)9-12(14)18-2/h5-6,8-9H,3-4,7H2,1-2H3,(H,16,17)/b6-5+. The van der Waals surface area contributed by atoms with E-state index in [4.69, 9.17) is 14.6 Å². The average Bonchev–Trinajstić information content (AvgIpc) is 2.38. The quantitative estimate of drug-likeness (QED) is 0.449. The van der Waals surface area contributed by atoms with Crippen LogP contribution >= 0.6 is 22.6 Å². The van der Waals surface area contributed by atoms with Crippen molar-refractivity contribution < 1.29 is 19.4 Å². The molecular formula is C14H17IO4. The Balaban J connectivity index is 2.97. The zero-order valence-corrected chi connectivity index (χ0v) is 13.1. The van der Waals surface area contributed by atoms with E-state index in [1.54, 1.807) is 13.2 Å². The minimum Gasteiger partial charge on any atom is -0.493 e. The molecule has 0 amide bonds. The number of benzene rings is 1. The van der Waals surface area contributed by atoms with Gasteiger partial charge in [-0.3, -0.25) is 0 Å². The number of halogens is 1. The van der Waals surface area contributed by atoms with Crippen LogP contribution < -0.4 is 9.47 Å². The lowest BCUT2D eigenvalue weighted by molar-refractivity contribution is -0.131. The number of ether oxygens (including phenoxy) is 2. The summed E-state index contributed by atoms with van der Waals surface area (Å²) in [5.74, 6) is 0.356. The third-order valence-corrected chi connectivity index (χ3v) is 3.22. The van der Waals surface area contributed by atoms with Crippen LogP contribution in [0.25, 0.3) is 6.08 Å². The lowest BCUT2D eigenvalue weighted by atomic mass is 10.2. The van der Waals surface area contributed by atoms with Crippen molar-refractivity contribution in [3.05, 3.63) is 27.3 Å². The van der Waals surface area contributed by atoms with Crippen LogP contribution in [0.4, 0.5) is 0 Å². The van der Waals surface area contributed by atoms with Crippen LogP contribution in [0.15, 0.2) is 18.2 Å². The summed E-state index contributed by atoms with van der Waals surface area (Å²) in [6.45, 7) is 2.75. The summed E-state index contributed by atoms with van der Waals surface area (Å²) >= 11 is 2.16. The minimum atomic E-state index is -0.975. The molecule has 1 aromatic carbocycles. The largest absolute Gasteiger partial charge is 0.493 e. The molecule has 0 spiro atoms. The van der Waals surface area contributed by atoms with Gasteiger partial charge < -0.3 is 14.6 Å². The zero-order valence-electron chi connectivity index (χ0n) is 11.0. The molecule has 0 bridgehead atoms. The smallest absolute Gasteiger partial charge is 0.328 e. The predicted molar refractivity (Wildman–Crippen MR) is 82.8 cm³/mol. The summed E-state index contributed by atoms with van der Waals surface area (Å²) in [5.41, 5.74) is 0.770. The summed E-state index contributed by atoms with van der Waals surface area (Å²) in [6.07, 6.45) is 4.68. The highest BCUT2D eigenvalue weighted by molar-refractivity contribution is 14.1. The number of unbranched alkanes of at least 4 members (excludes halogenated alkanes) is 1. The van der Waals surface area contributed by atoms with E-state index in [1.165, 1.54) is 6.08 Å². The molecule has 0 heterocycles. The van der Waals surface area contributed by atoms with Crippen molar-refractivity contribution in [3.8, 4) is 11.5 Å². The number of hydrogen-bond donors (Lipinski definition) is 1. The van der Waals surface area contributed by atoms with Gasteiger partial charge in [0.15, 0.2) is 11.5 Å². The van der Waals surface area contributed by atoms with E-state index in [0.29, 0.717) is 18.1 Å². The maximum absolute atomic E-state index is 10.5. The van der Waals surface area contributed by atoms with Crippen LogP contribution in [0.5, 0.6) is 11.5 Å². The average molecular weight is 376 g/mol. The van der Waals surface area contributed by atoms with Gasteiger partial charge in [-0.25, -0.2) is 4.79 Å². The van der Waals surface area contributed by atoms with E-state index in [9.17, 15) is 4.79 Å². The van der Waals surface area contributed by atoms with E-state index < -0.39 is 5.97 Å². The monoisotopic (exact) mass is 376 g/mol. The Morgan fingerprint density at radius 1 is 1.47 bits per heavy atom. The van der Waals surface area contributed by atoms with Crippen LogP contribution in [-0.2, 0) is 4.79 Å². The molecule has 0 aromatic heterocycles. The molecule has 0 saturated carbocycles. The molecule has 0 atom stereocenters. The topological polar surface area (TPSA) is 55.8 Å². The Bertz CT molecular complexity index is 469. The number of carboxylic acid groups (broad SMARTS) is 1. The van der Waals surface area contributed by atoms with Crippen LogP contribution in [0, 0.1) is 3.57 Å². The molecule has 104 valence electrons. The molecule has 0 aliphatic heterocycles. The Labute approximate surface area is 126 Å². The molecule has 1 rings (SSSR count). The highest BCUT2D eigenvalue weighted by Crippen LogP contribution is 2.34. The molecule has 1 aromatic rings.